The number of nitrogens with zero attached hydrogens (tertiary/aromatic N) is 4. The van der Waals surface area contributed by atoms with Gasteiger partial charge >= 0.3 is 0 Å². The number of carbonyl (C=O) groups is 2. The Labute approximate surface area is 234 Å². The fraction of sp³-hybridized carbons (Fsp3) is 0.310. The van der Waals surface area contributed by atoms with Crippen LogP contribution in [0.1, 0.15) is 31.7 Å². The van der Waals surface area contributed by atoms with Gasteiger partial charge < -0.3 is 4.74 Å². The molecular weight excluding hydrogens is 530 g/mol. The molecule has 1 N–H and O–H groups in total. The second kappa shape index (κ2) is 10.9. The third-order valence-electron chi connectivity index (χ3n) is 7.09. The number of rotatable bonds is 8. The average molecular weight is 560 g/mol. The fourth-order valence-corrected chi connectivity index (χ4v) is 6.83. The number of hydrogen-bond donors (Lipinski definition) is 1. The van der Waals surface area contributed by atoms with Gasteiger partial charge in [-0.25, -0.2) is 9.97 Å². The van der Waals surface area contributed by atoms with Crippen molar-refractivity contribution >= 4 is 50.5 Å². The second-order valence-electron chi connectivity index (χ2n) is 9.80. The molecule has 1 aromatic carbocycles. The summed E-state index contributed by atoms with van der Waals surface area (Å²) < 4.78 is 6.02. The number of aryl methyl sites for hydroxylation is 1. The average Bonchev–Trinajstić information content (AvgIpc) is 3.66. The quantitative estimate of drug-likeness (QED) is 0.269. The van der Waals surface area contributed by atoms with Crippen LogP contribution < -0.4 is 10.2 Å². The zero-order chi connectivity index (χ0) is 26.9. The number of anilines is 1. The van der Waals surface area contributed by atoms with E-state index in [1.165, 1.54) is 36.7 Å². The summed E-state index contributed by atoms with van der Waals surface area (Å²) in [6, 6.07) is 12.0. The number of carbonyl (C=O) groups excluding carboxylic acids is 2. The van der Waals surface area contributed by atoms with Gasteiger partial charge in [-0.1, -0.05) is 12.5 Å². The van der Waals surface area contributed by atoms with Gasteiger partial charge in [0.25, 0.3) is 11.8 Å². The smallest absolute Gasteiger partial charge is 0.275 e. The summed E-state index contributed by atoms with van der Waals surface area (Å²) in [7, 11) is 0. The Balaban J connectivity index is 1.29. The van der Waals surface area contributed by atoms with E-state index in [-0.39, 0.29) is 5.91 Å². The standard InChI is InChI=1S/C29H29N5O3S2/c1-18-17-23(35)34(29(18)36)32-27-24-19(2)25(39-28(24)31-26(30-27)22-7-6-16-38-22)20-8-10-21(11-9-20)37-15-14-33-12-4-3-5-13-33/h6-11,16-17H,3-5,12-15H2,1-2H3,(H,30,31,32). The van der Waals surface area contributed by atoms with Crippen LogP contribution in [0.4, 0.5) is 5.82 Å². The van der Waals surface area contributed by atoms with Crippen LogP contribution in [0, 0.1) is 6.92 Å². The van der Waals surface area contributed by atoms with Crippen molar-refractivity contribution in [1.82, 2.24) is 19.9 Å². The van der Waals surface area contributed by atoms with E-state index in [0.29, 0.717) is 23.8 Å². The van der Waals surface area contributed by atoms with Gasteiger partial charge in [0.1, 0.15) is 17.2 Å². The molecule has 10 heteroatoms. The molecule has 3 aromatic heterocycles. The Kier molecular flexibility index (Phi) is 7.16. The normalized spacial score (nSPS) is 16.3. The Bertz CT molecular complexity index is 1550. The third kappa shape index (κ3) is 5.19. The molecule has 2 aliphatic heterocycles. The Hall–Kier alpha value is -3.60. The predicted molar refractivity (Wildman–Crippen MR) is 156 cm³/mol. The van der Waals surface area contributed by atoms with Gasteiger partial charge in [-0.2, -0.15) is 5.01 Å². The number of amides is 2. The fourth-order valence-electron chi connectivity index (χ4n) is 4.99. The lowest BCUT2D eigenvalue weighted by molar-refractivity contribution is -0.135. The van der Waals surface area contributed by atoms with E-state index in [1.807, 2.05) is 36.6 Å². The van der Waals surface area contributed by atoms with Crippen LogP contribution in [0.3, 0.4) is 0 Å². The number of ether oxygens (including phenoxy) is 1. The monoisotopic (exact) mass is 559 g/mol. The maximum atomic E-state index is 12.6. The zero-order valence-corrected chi connectivity index (χ0v) is 23.5. The number of nitrogens with one attached hydrogen (secondary N) is 1. The summed E-state index contributed by atoms with van der Waals surface area (Å²) in [6.07, 6.45) is 5.22. The van der Waals surface area contributed by atoms with Crippen molar-refractivity contribution < 1.29 is 14.3 Å². The van der Waals surface area contributed by atoms with Gasteiger partial charge in [-0.3, -0.25) is 19.9 Å². The van der Waals surface area contributed by atoms with E-state index in [0.717, 1.165) is 61.5 Å². The highest BCUT2D eigenvalue weighted by Crippen LogP contribution is 2.42. The molecule has 0 unspecified atom stereocenters. The first kappa shape index (κ1) is 25.7. The van der Waals surface area contributed by atoms with E-state index in [4.69, 9.17) is 14.7 Å². The summed E-state index contributed by atoms with van der Waals surface area (Å²) in [6.45, 7) is 7.61. The topological polar surface area (TPSA) is 87.7 Å². The molecule has 39 heavy (non-hydrogen) atoms. The van der Waals surface area contributed by atoms with Crippen LogP contribution in [0.15, 0.2) is 53.4 Å². The minimum Gasteiger partial charge on any atom is -0.492 e. The largest absolute Gasteiger partial charge is 0.492 e. The van der Waals surface area contributed by atoms with Crippen LogP contribution in [0.2, 0.25) is 0 Å². The van der Waals surface area contributed by atoms with E-state index in [9.17, 15) is 9.59 Å². The molecule has 0 aliphatic carbocycles. The van der Waals surface area contributed by atoms with Crippen LogP contribution in [0.5, 0.6) is 5.75 Å². The molecule has 0 bridgehead atoms. The van der Waals surface area contributed by atoms with Crippen molar-refractivity contribution in [3.05, 3.63) is 59.0 Å². The van der Waals surface area contributed by atoms with Gasteiger partial charge in [0.2, 0.25) is 0 Å². The summed E-state index contributed by atoms with van der Waals surface area (Å²) in [5.41, 5.74) is 5.42. The molecule has 2 amide bonds. The van der Waals surface area contributed by atoms with Crippen molar-refractivity contribution in [1.29, 1.82) is 0 Å². The number of piperidine rings is 1. The van der Waals surface area contributed by atoms with Gasteiger partial charge in [0.15, 0.2) is 11.6 Å². The van der Waals surface area contributed by atoms with Crippen LogP contribution in [-0.4, -0.2) is 57.9 Å². The molecule has 0 saturated carbocycles. The van der Waals surface area contributed by atoms with E-state index < -0.39 is 5.91 Å². The summed E-state index contributed by atoms with van der Waals surface area (Å²) >= 11 is 3.11. The first-order valence-electron chi connectivity index (χ1n) is 13.1. The minimum absolute atomic E-state index is 0.381. The van der Waals surface area contributed by atoms with Gasteiger partial charge in [0.05, 0.1) is 10.3 Å². The molecule has 5 heterocycles. The maximum Gasteiger partial charge on any atom is 0.275 e. The van der Waals surface area contributed by atoms with E-state index in [1.54, 1.807) is 18.3 Å². The predicted octanol–water partition coefficient (Wildman–Crippen LogP) is 5.90. The molecular formula is C29H29N5O3S2. The first-order valence-corrected chi connectivity index (χ1v) is 14.8. The van der Waals surface area contributed by atoms with Crippen molar-refractivity contribution in [3.8, 4) is 26.9 Å². The number of aromatic nitrogens is 2. The number of thiophene rings is 2. The van der Waals surface area contributed by atoms with Crippen LogP contribution >= 0.6 is 22.7 Å². The number of hydrogen-bond acceptors (Lipinski definition) is 9. The summed E-state index contributed by atoms with van der Waals surface area (Å²) in [4.78, 5) is 39.9. The molecule has 0 atom stereocenters. The van der Waals surface area contributed by atoms with Gasteiger partial charge in [-0.15, -0.1) is 22.7 Å². The lowest BCUT2D eigenvalue weighted by atomic mass is 10.1. The van der Waals surface area contributed by atoms with E-state index >= 15 is 0 Å². The van der Waals surface area contributed by atoms with E-state index in [2.05, 4.69) is 22.5 Å². The number of benzene rings is 1. The lowest BCUT2D eigenvalue weighted by Gasteiger charge is -2.26. The number of likely N-dealkylation sites (tertiary alicyclic amines) is 1. The zero-order valence-electron chi connectivity index (χ0n) is 21.9. The van der Waals surface area contributed by atoms with Crippen molar-refractivity contribution in [2.45, 2.75) is 33.1 Å². The number of hydrazine groups is 1. The summed E-state index contributed by atoms with van der Waals surface area (Å²) in [5, 5.41) is 3.78. The summed E-state index contributed by atoms with van der Waals surface area (Å²) in [5.74, 6) is 1.05. The molecule has 1 fully saturated rings. The van der Waals surface area contributed by atoms with Crippen LogP contribution in [-0.2, 0) is 9.59 Å². The Morgan fingerprint density at radius 1 is 1.03 bits per heavy atom. The number of fused-ring (bicyclic) bond motifs is 1. The SMILES string of the molecule is CC1=CC(=O)N(Nc2nc(-c3cccs3)nc3sc(-c4ccc(OCCN5CCCCC5)cc4)c(C)c23)C1=O. The highest BCUT2D eigenvalue weighted by Gasteiger charge is 2.30. The molecule has 2 aliphatic rings. The third-order valence-corrected chi connectivity index (χ3v) is 9.19. The Morgan fingerprint density at radius 2 is 1.82 bits per heavy atom. The number of imide groups is 1. The molecule has 0 radical (unpaired) electrons. The molecule has 4 aromatic rings. The first-order chi connectivity index (χ1) is 19.0. The van der Waals surface area contributed by atoms with Crippen molar-refractivity contribution in [2.24, 2.45) is 0 Å². The molecule has 200 valence electrons. The highest BCUT2D eigenvalue weighted by molar-refractivity contribution is 7.22. The molecule has 8 nitrogen and oxygen atoms in total. The van der Waals surface area contributed by atoms with Crippen molar-refractivity contribution in [2.75, 3.05) is 31.7 Å². The van der Waals surface area contributed by atoms with Gasteiger partial charge in [0, 0.05) is 23.1 Å². The van der Waals surface area contributed by atoms with Crippen LogP contribution in [0.25, 0.3) is 31.4 Å². The molecule has 0 spiro atoms. The molecule has 6 rings (SSSR count). The van der Waals surface area contributed by atoms with Gasteiger partial charge in [-0.05, 0) is 86.6 Å². The van der Waals surface area contributed by atoms with Crippen molar-refractivity contribution in [3.63, 3.8) is 0 Å². The Morgan fingerprint density at radius 3 is 2.51 bits per heavy atom. The molecule has 1 saturated heterocycles. The highest BCUT2D eigenvalue weighted by atomic mass is 32.1. The lowest BCUT2D eigenvalue weighted by Crippen LogP contribution is -2.36. The second-order valence-corrected chi connectivity index (χ2v) is 11.7. The minimum atomic E-state index is -0.411. The maximum absolute atomic E-state index is 12.6.